The summed E-state index contributed by atoms with van der Waals surface area (Å²) in [5, 5.41) is 9.81. The Morgan fingerprint density at radius 2 is 2.26 bits per heavy atom. The molecule has 0 radical (unpaired) electrons. The lowest BCUT2D eigenvalue weighted by Gasteiger charge is -2.10. The van der Waals surface area contributed by atoms with Crippen LogP contribution in [-0.4, -0.2) is 24.5 Å². The second-order valence-corrected chi connectivity index (χ2v) is 6.38. The fraction of sp³-hybridized carbons (Fsp3) is 0.385. The highest BCUT2D eigenvalue weighted by Gasteiger charge is 2.01. The molecule has 2 aromatic rings. The van der Waals surface area contributed by atoms with Gasteiger partial charge in [0.2, 0.25) is 0 Å². The van der Waals surface area contributed by atoms with Crippen LogP contribution >= 0.6 is 22.7 Å². The number of thiazole rings is 1. The third kappa shape index (κ3) is 4.65. The minimum absolute atomic E-state index is 0.768. The van der Waals surface area contributed by atoms with E-state index in [0.29, 0.717) is 0 Å². The standard InChI is InChI=1S/C13H18N4S2/c1-10-16-8-12(19-10)9-17-13(14-2)15-6-5-11-4-3-7-18-11/h3-4,7-8H,5-6,9H2,1-2H3,(H2,14,15,17). The summed E-state index contributed by atoms with van der Waals surface area (Å²) in [5.41, 5.74) is 0. The average molecular weight is 294 g/mol. The maximum atomic E-state index is 4.24. The van der Waals surface area contributed by atoms with E-state index in [2.05, 4.69) is 38.1 Å². The summed E-state index contributed by atoms with van der Waals surface area (Å²) >= 11 is 3.50. The average Bonchev–Trinajstić information content (AvgIpc) is 3.05. The molecule has 2 N–H and O–H groups in total. The molecule has 0 saturated heterocycles. The van der Waals surface area contributed by atoms with Gasteiger partial charge in [-0.3, -0.25) is 4.99 Å². The molecule has 2 aromatic heterocycles. The third-order valence-corrected chi connectivity index (χ3v) is 4.42. The first-order chi connectivity index (χ1) is 9.28. The number of guanidine groups is 1. The van der Waals surface area contributed by atoms with Crippen LogP contribution in [0, 0.1) is 6.92 Å². The lowest BCUT2D eigenvalue weighted by atomic mass is 10.3. The Labute approximate surface area is 121 Å². The fourth-order valence-electron chi connectivity index (χ4n) is 1.64. The number of aryl methyl sites for hydroxylation is 1. The van der Waals surface area contributed by atoms with Gasteiger partial charge in [0.05, 0.1) is 11.6 Å². The van der Waals surface area contributed by atoms with Gasteiger partial charge in [0.25, 0.3) is 0 Å². The topological polar surface area (TPSA) is 49.3 Å². The van der Waals surface area contributed by atoms with Gasteiger partial charge < -0.3 is 10.6 Å². The van der Waals surface area contributed by atoms with Crippen molar-refractivity contribution in [1.82, 2.24) is 15.6 Å². The Bertz CT molecular complexity index is 516. The number of hydrogen-bond donors (Lipinski definition) is 2. The van der Waals surface area contributed by atoms with Crippen molar-refractivity contribution in [2.24, 2.45) is 4.99 Å². The van der Waals surface area contributed by atoms with Crippen LogP contribution in [0.2, 0.25) is 0 Å². The molecule has 0 amide bonds. The number of aliphatic imine (C=N–C) groups is 1. The summed E-state index contributed by atoms with van der Waals surface area (Å²) in [7, 11) is 1.79. The first-order valence-electron chi connectivity index (χ1n) is 6.16. The van der Waals surface area contributed by atoms with Crippen LogP contribution in [0.25, 0.3) is 0 Å². The first kappa shape index (κ1) is 14.0. The fourth-order valence-corrected chi connectivity index (χ4v) is 3.08. The van der Waals surface area contributed by atoms with E-state index in [4.69, 9.17) is 0 Å². The Balaban J connectivity index is 1.71. The smallest absolute Gasteiger partial charge is 0.191 e. The maximum absolute atomic E-state index is 4.24. The van der Waals surface area contributed by atoms with E-state index in [0.717, 1.165) is 30.5 Å². The molecule has 6 heteroatoms. The number of nitrogens with zero attached hydrogens (tertiary/aromatic N) is 2. The van der Waals surface area contributed by atoms with E-state index < -0.39 is 0 Å². The molecule has 0 aliphatic rings. The van der Waals surface area contributed by atoms with E-state index in [1.165, 1.54) is 9.75 Å². The van der Waals surface area contributed by atoms with Crippen molar-refractivity contribution in [3.8, 4) is 0 Å². The molecular formula is C13H18N4S2. The highest BCUT2D eigenvalue weighted by Crippen LogP contribution is 2.10. The van der Waals surface area contributed by atoms with E-state index in [9.17, 15) is 0 Å². The quantitative estimate of drug-likeness (QED) is 0.658. The van der Waals surface area contributed by atoms with E-state index in [1.807, 2.05) is 13.1 Å². The zero-order valence-corrected chi connectivity index (χ0v) is 12.8. The van der Waals surface area contributed by atoms with Crippen LogP contribution in [0.4, 0.5) is 0 Å². The van der Waals surface area contributed by atoms with Gasteiger partial charge in [-0.05, 0) is 24.8 Å². The van der Waals surface area contributed by atoms with E-state index in [1.54, 1.807) is 29.7 Å². The van der Waals surface area contributed by atoms with Gasteiger partial charge in [-0.1, -0.05) is 6.07 Å². The lowest BCUT2D eigenvalue weighted by molar-refractivity contribution is 0.803. The molecule has 0 fully saturated rings. The lowest BCUT2D eigenvalue weighted by Crippen LogP contribution is -2.37. The molecular weight excluding hydrogens is 276 g/mol. The molecule has 0 bridgehead atoms. The molecule has 0 aromatic carbocycles. The molecule has 4 nitrogen and oxygen atoms in total. The summed E-state index contributed by atoms with van der Waals surface area (Å²) in [6.45, 7) is 3.67. The van der Waals surface area contributed by atoms with Gasteiger partial charge >= 0.3 is 0 Å². The zero-order valence-electron chi connectivity index (χ0n) is 11.1. The minimum atomic E-state index is 0.768. The summed E-state index contributed by atoms with van der Waals surface area (Å²) in [4.78, 5) is 11.1. The van der Waals surface area contributed by atoms with Crippen molar-refractivity contribution in [2.45, 2.75) is 19.9 Å². The monoisotopic (exact) mass is 294 g/mol. The van der Waals surface area contributed by atoms with Crippen LogP contribution in [0.1, 0.15) is 14.8 Å². The number of nitrogens with one attached hydrogen (secondary N) is 2. The summed E-state index contributed by atoms with van der Waals surface area (Å²) in [5.74, 6) is 0.836. The van der Waals surface area contributed by atoms with E-state index >= 15 is 0 Å². The predicted octanol–water partition coefficient (Wildman–Crippen LogP) is 2.42. The number of rotatable bonds is 5. The third-order valence-electron chi connectivity index (χ3n) is 2.57. The van der Waals surface area contributed by atoms with Crippen molar-refractivity contribution < 1.29 is 0 Å². The van der Waals surface area contributed by atoms with Crippen LogP contribution in [0.5, 0.6) is 0 Å². The molecule has 0 aliphatic heterocycles. The predicted molar refractivity (Wildman–Crippen MR) is 83.1 cm³/mol. The van der Waals surface area contributed by atoms with Gasteiger partial charge in [-0.2, -0.15) is 0 Å². The number of hydrogen-bond acceptors (Lipinski definition) is 4. The molecule has 0 saturated carbocycles. The molecule has 2 heterocycles. The van der Waals surface area contributed by atoms with Gasteiger partial charge in [-0.15, -0.1) is 22.7 Å². The number of aromatic nitrogens is 1. The Hall–Kier alpha value is -1.40. The highest BCUT2D eigenvalue weighted by atomic mass is 32.1. The van der Waals surface area contributed by atoms with Gasteiger partial charge in [-0.25, -0.2) is 4.98 Å². The van der Waals surface area contributed by atoms with Crippen molar-refractivity contribution in [2.75, 3.05) is 13.6 Å². The molecule has 0 spiro atoms. The SMILES string of the molecule is CN=C(NCCc1cccs1)NCc1cnc(C)s1. The van der Waals surface area contributed by atoms with Gasteiger partial charge in [0.1, 0.15) is 0 Å². The van der Waals surface area contributed by atoms with Crippen molar-refractivity contribution in [3.63, 3.8) is 0 Å². The molecule has 0 aliphatic carbocycles. The summed E-state index contributed by atoms with van der Waals surface area (Å²) < 4.78 is 0. The Kier molecular flexibility index (Phi) is 5.35. The summed E-state index contributed by atoms with van der Waals surface area (Å²) in [6.07, 6.45) is 2.93. The highest BCUT2D eigenvalue weighted by molar-refractivity contribution is 7.11. The Morgan fingerprint density at radius 3 is 2.89 bits per heavy atom. The molecule has 0 unspecified atom stereocenters. The van der Waals surface area contributed by atoms with Gasteiger partial charge in [0.15, 0.2) is 5.96 Å². The van der Waals surface area contributed by atoms with Crippen molar-refractivity contribution >= 4 is 28.6 Å². The summed E-state index contributed by atoms with van der Waals surface area (Å²) in [6, 6.07) is 4.24. The first-order valence-corrected chi connectivity index (χ1v) is 7.86. The second-order valence-electron chi connectivity index (χ2n) is 4.03. The van der Waals surface area contributed by atoms with Crippen molar-refractivity contribution in [1.29, 1.82) is 0 Å². The normalized spacial score (nSPS) is 11.6. The maximum Gasteiger partial charge on any atom is 0.191 e. The molecule has 2 rings (SSSR count). The molecule has 0 atom stereocenters. The second kappa shape index (κ2) is 7.25. The Morgan fingerprint density at radius 1 is 1.37 bits per heavy atom. The van der Waals surface area contributed by atoms with Crippen molar-refractivity contribution in [3.05, 3.63) is 38.5 Å². The van der Waals surface area contributed by atoms with Crippen LogP contribution in [0.3, 0.4) is 0 Å². The van der Waals surface area contributed by atoms with E-state index in [-0.39, 0.29) is 0 Å². The zero-order chi connectivity index (χ0) is 13.5. The minimum Gasteiger partial charge on any atom is -0.356 e. The van der Waals surface area contributed by atoms with Crippen LogP contribution in [-0.2, 0) is 13.0 Å². The molecule has 19 heavy (non-hydrogen) atoms. The largest absolute Gasteiger partial charge is 0.356 e. The number of thiophene rings is 1. The van der Waals surface area contributed by atoms with Gasteiger partial charge in [0, 0.05) is 29.5 Å². The molecule has 102 valence electrons. The van der Waals surface area contributed by atoms with Crippen LogP contribution < -0.4 is 10.6 Å². The van der Waals surface area contributed by atoms with Crippen LogP contribution in [0.15, 0.2) is 28.7 Å².